The van der Waals surface area contributed by atoms with E-state index in [4.69, 9.17) is 4.42 Å². The van der Waals surface area contributed by atoms with Gasteiger partial charge in [0.1, 0.15) is 5.58 Å². The quantitative estimate of drug-likeness (QED) is 0.337. The Morgan fingerprint density at radius 1 is 1.04 bits per heavy atom. The molecule has 0 atom stereocenters. The largest absolute Gasteiger partial charge is 0.451 e. The highest BCUT2D eigenvalue weighted by molar-refractivity contribution is 7.98. The lowest BCUT2D eigenvalue weighted by Crippen LogP contribution is -2.13. The molecule has 140 valence electrons. The summed E-state index contributed by atoms with van der Waals surface area (Å²) in [6, 6.07) is 17.2. The Labute approximate surface area is 171 Å². The number of hydrogen-bond acceptors (Lipinski definition) is 6. The molecule has 28 heavy (non-hydrogen) atoms. The van der Waals surface area contributed by atoms with Gasteiger partial charge < -0.3 is 9.73 Å². The number of anilines is 1. The van der Waals surface area contributed by atoms with E-state index in [-0.39, 0.29) is 5.91 Å². The summed E-state index contributed by atoms with van der Waals surface area (Å²) in [6.45, 7) is 0. The number of benzene rings is 2. The molecule has 0 fully saturated rings. The minimum absolute atomic E-state index is 0.262. The van der Waals surface area contributed by atoms with Gasteiger partial charge in [-0.05, 0) is 30.5 Å². The van der Waals surface area contributed by atoms with Gasteiger partial charge in [0.2, 0.25) is 0 Å². The van der Waals surface area contributed by atoms with Gasteiger partial charge in [-0.1, -0.05) is 42.1 Å². The molecule has 0 saturated carbocycles. The van der Waals surface area contributed by atoms with E-state index in [1.54, 1.807) is 30.2 Å². The van der Waals surface area contributed by atoms with Gasteiger partial charge in [0, 0.05) is 34.0 Å². The van der Waals surface area contributed by atoms with Crippen molar-refractivity contribution in [1.82, 2.24) is 9.97 Å². The summed E-state index contributed by atoms with van der Waals surface area (Å²) in [5.74, 6) is 0.594. The predicted molar refractivity (Wildman–Crippen MR) is 114 cm³/mol. The highest BCUT2D eigenvalue weighted by Gasteiger charge is 2.21. The monoisotopic (exact) mass is 407 g/mol. The van der Waals surface area contributed by atoms with Gasteiger partial charge in [0.05, 0.1) is 5.69 Å². The molecule has 7 heteroatoms. The van der Waals surface area contributed by atoms with Gasteiger partial charge in [0.15, 0.2) is 10.9 Å². The van der Waals surface area contributed by atoms with Gasteiger partial charge in [-0.3, -0.25) is 4.79 Å². The maximum atomic E-state index is 13.0. The molecule has 1 N–H and O–H groups in total. The van der Waals surface area contributed by atoms with Crippen LogP contribution in [0.25, 0.3) is 11.0 Å². The highest BCUT2D eigenvalue weighted by atomic mass is 32.2. The molecule has 2 heterocycles. The van der Waals surface area contributed by atoms with E-state index in [0.717, 1.165) is 21.5 Å². The number of para-hydroxylation sites is 2. The van der Waals surface area contributed by atoms with Gasteiger partial charge in [-0.15, -0.1) is 11.8 Å². The fraction of sp³-hybridized carbons (Fsp3) is 0.0952. The minimum Gasteiger partial charge on any atom is -0.451 e. The van der Waals surface area contributed by atoms with E-state index in [1.165, 1.54) is 11.8 Å². The van der Waals surface area contributed by atoms with Crippen LogP contribution in [0.5, 0.6) is 0 Å². The number of carbonyl (C=O) groups excluding carboxylic acids is 1. The molecule has 0 unspecified atom stereocenters. The molecule has 1 amide bonds. The molecule has 2 aromatic heterocycles. The van der Waals surface area contributed by atoms with E-state index < -0.39 is 0 Å². The van der Waals surface area contributed by atoms with Crippen LogP contribution in [0.4, 0.5) is 5.69 Å². The minimum atomic E-state index is -0.262. The number of nitrogens with one attached hydrogen (secondary N) is 1. The molecule has 0 saturated heterocycles. The van der Waals surface area contributed by atoms with Crippen molar-refractivity contribution < 1.29 is 9.21 Å². The Kier molecular flexibility index (Phi) is 5.64. The van der Waals surface area contributed by atoms with Crippen LogP contribution >= 0.6 is 23.5 Å². The first-order valence-electron chi connectivity index (χ1n) is 8.61. The predicted octanol–water partition coefficient (Wildman–Crippen LogP) is 5.49. The first-order valence-corrected chi connectivity index (χ1v) is 10.8. The number of amides is 1. The Morgan fingerprint density at radius 2 is 1.79 bits per heavy atom. The van der Waals surface area contributed by atoms with Crippen LogP contribution in [0.3, 0.4) is 0 Å². The summed E-state index contributed by atoms with van der Waals surface area (Å²) < 4.78 is 5.92. The van der Waals surface area contributed by atoms with E-state index >= 15 is 0 Å². The van der Waals surface area contributed by atoms with Crippen molar-refractivity contribution in [3.63, 3.8) is 0 Å². The second kappa shape index (κ2) is 8.50. The lowest BCUT2D eigenvalue weighted by Gasteiger charge is -2.09. The number of hydrogen-bond donors (Lipinski definition) is 1. The van der Waals surface area contributed by atoms with Crippen LogP contribution < -0.4 is 5.32 Å². The fourth-order valence-electron chi connectivity index (χ4n) is 2.85. The van der Waals surface area contributed by atoms with Crippen molar-refractivity contribution in [3.8, 4) is 0 Å². The smallest absolute Gasteiger partial charge is 0.291 e. The van der Waals surface area contributed by atoms with Crippen molar-refractivity contribution >= 4 is 46.1 Å². The third-order valence-electron chi connectivity index (χ3n) is 4.15. The third-order valence-corrected chi connectivity index (χ3v) is 5.85. The summed E-state index contributed by atoms with van der Waals surface area (Å²) in [5, 5.41) is 4.57. The molecule has 0 spiro atoms. The van der Waals surface area contributed by atoms with E-state index in [9.17, 15) is 4.79 Å². The zero-order valence-corrected chi connectivity index (χ0v) is 16.7. The maximum absolute atomic E-state index is 13.0. The normalized spacial score (nSPS) is 10.9. The van der Waals surface area contributed by atoms with Gasteiger partial charge in [0.25, 0.3) is 5.91 Å². The summed E-state index contributed by atoms with van der Waals surface area (Å²) >= 11 is 3.06. The number of thioether (sulfide) groups is 2. The lowest BCUT2D eigenvalue weighted by atomic mass is 10.1. The highest BCUT2D eigenvalue weighted by Crippen LogP contribution is 2.32. The van der Waals surface area contributed by atoms with Crippen molar-refractivity contribution in [3.05, 3.63) is 78.3 Å². The average Bonchev–Trinajstić information content (AvgIpc) is 3.12. The second-order valence-electron chi connectivity index (χ2n) is 5.88. The van der Waals surface area contributed by atoms with Crippen LogP contribution in [0.2, 0.25) is 0 Å². The summed E-state index contributed by atoms with van der Waals surface area (Å²) in [5.41, 5.74) is 2.30. The van der Waals surface area contributed by atoms with Crippen LogP contribution in [0.1, 0.15) is 16.1 Å². The van der Waals surface area contributed by atoms with Crippen LogP contribution in [0.15, 0.2) is 81.5 Å². The van der Waals surface area contributed by atoms with Crippen molar-refractivity contribution in [2.45, 2.75) is 15.8 Å². The Bertz CT molecular complexity index is 1110. The number of rotatable bonds is 6. The SMILES string of the molecule is CSc1ccccc1NC(=O)c1oc2ccccc2c1CSc1ncccn1. The number of aromatic nitrogens is 2. The number of furan rings is 1. The second-order valence-corrected chi connectivity index (χ2v) is 7.67. The van der Waals surface area contributed by atoms with Crippen molar-refractivity contribution in [2.24, 2.45) is 0 Å². The van der Waals surface area contributed by atoms with Gasteiger partial charge in [-0.2, -0.15) is 0 Å². The molecule has 0 radical (unpaired) electrons. The first-order chi connectivity index (χ1) is 13.8. The van der Waals surface area contributed by atoms with Crippen molar-refractivity contribution in [1.29, 1.82) is 0 Å². The van der Waals surface area contributed by atoms with Gasteiger partial charge in [-0.25, -0.2) is 9.97 Å². The first kappa shape index (κ1) is 18.6. The number of carbonyl (C=O) groups is 1. The average molecular weight is 408 g/mol. The van der Waals surface area contributed by atoms with Crippen LogP contribution in [-0.2, 0) is 5.75 Å². The fourth-order valence-corrected chi connectivity index (χ4v) is 4.23. The zero-order chi connectivity index (χ0) is 19.3. The summed E-state index contributed by atoms with van der Waals surface area (Å²) in [4.78, 5) is 22.5. The molecule has 5 nitrogen and oxygen atoms in total. The molecule has 2 aromatic carbocycles. The molecule has 0 aliphatic heterocycles. The summed E-state index contributed by atoms with van der Waals surface area (Å²) in [7, 11) is 0. The van der Waals surface area contributed by atoms with Crippen molar-refractivity contribution in [2.75, 3.05) is 11.6 Å². The third kappa shape index (κ3) is 3.90. The molecule has 4 aromatic rings. The lowest BCUT2D eigenvalue weighted by molar-refractivity contribution is 0.0997. The molecule has 0 bridgehead atoms. The molecular formula is C21H17N3O2S2. The molecular weight excluding hydrogens is 390 g/mol. The number of nitrogens with zero attached hydrogens (tertiary/aromatic N) is 2. The Hall–Kier alpha value is -2.77. The summed E-state index contributed by atoms with van der Waals surface area (Å²) in [6.07, 6.45) is 5.39. The molecule has 0 aliphatic carbocycles. The Morgan fingerprint density at radius 3 is 2.61 bits per heavy atom. The van der Waals surface area contributed by atoms with E-state index in [1.807, 2.05) is 54.8 Å². The standard InChI is InChI=1S/C21H17N3O2S2/c1-27-18-10-5-3-8-16(18)24-20(25)19-15(13-28-21-22-11-6-12-23-21)14-7-2-4-9-17(14)26-19/h2-12H,13H2,1H3,(H,24,25). The van der Waals surface area contributed by atoms with E-state index in [2.05, 4.69) is 15.3 Å². The molecule has 4 rings (SSSR count). The zero-order valence-electron chi connectivity index (χ0n) is 15.1. The van der Waals surface area contributed by atoms with Crippen LogP contribution in [0, 0.1) is 0 Å². The van der Waals surface area contributed by atoms with Crippen LogP contribution in [-0.4, -0.2) is 22.1 Å². The maximum Gasteiger partial charge on any atom is 0.291 e. The van der Waals surface area contributed by atoms with E-state index in [0.29, 0.717) is 22.3 Å². The topological polar surface area (TPSA) is 68.0 Å². The van der Waals surface area contributed by atoms with Gasteiger partial charge >= 0.3 is 0 Å². The Balaban J connectivity index is 1.66. The molecule has 0 aliphatic rings. The number of fused-ring (bicyclic) bond motifs is 1.